The number of carbonyl (C=O) groups excluding carboxylic acids is 7. The quantitative estimate of drug-likeness (QED) is 0.0453. The van der Waals surface area contributed by atoms with E-state index < -0.39 is 12.1 Å². The molecular formula is C35H64N6O11. The van der Waals surface area contributed by atoms with E-state index in [0.717, 1.165) is 24.2 Å². The second-order valence-electron chi connectivity index (χ2n) is 12.5. The van der Waals surface area contributed by atoms with Crippen molar-refractivity contribution in [3.05, 3.63) is 0 Å². The zero-order valence-electron chi connectivity index (χ0n) is 31.5. The number of carbonyl (C=O) groups is 7. The Morgan fingerprint density at radius 1 is 0.712 bits per heavy atom. The molecule has 0 spiro atoms. The first kappa shape index (κ1) is 48.3. The lowest BCUT2D eigenvalue weighted by Gasteiger charge is -2.20. The number of urea groups is 1. The second-order valence-corrected chi connectivity index (χ2v) is 12.5. The molecule has 0 aromatic carbocycles. The second kappa shape index (κ2) is 33.2. The van der Waals surface area contributed by atoms with Crippen LogP contribution in [0.5, 0.6) is 0 Å². The molecule has 3 atom stereocenters. The largest absolute Gasteiger partial charge is 0.385 e. The number of nitrogens with zero attached hydrogens (tertiary/aromatic N) is 1. The first-order chi connectivity index (χ1) is 25.1. The van der Waals surface area contributed by atoms with Crippen molar-refractivity contribution in [2.75, 3.05) is 73.0 Å². The summed E-state index contributed by atoms with van der Waals surface area (Å²) >= 11 is 0. The number of primary amides is 1. The molecule has 6 N–H and O–H groups in total. The van der Waals surface area contributed by atoms with Crippen molar-refractivity contribution in [3.8, 4) is 0 Å². The van der Waals surface area contributed by atoms with Crippen LogP contribution in [0.3, 0.4) is 0 Å². The molecule has 0 rings (SSSR count). The summed E-state index contributed by atoms with van der Waals surface area (Å²) in [6, 6.07) is -1.39. The van der Waals surface area contributed by atoms with E-state index in [9.17, 15) is 33.6 Å². The van der Waals surface area contributed by atoms with Crippen molar-refractivity contribution in [1.29, 1.82) is 0 Å². The number of hydrogen-bond acceptors (Lipinski definition) is 11. The molecule has 0 heterocycles. The van der Waals surface area contributed by atoms with Crippen LogP contribution in [-0.2, 0) is 47.7 Å². The van der Waals surface area contributed by atoms with Gasteiger partial charge in [0.15, 0.2) is 0 Å². The predicted octanol–water partition coefficient (Wildman–Crippen LogP) is 0.958. The smallest absolute Gasteiger partial charge is 0.312 e. The predicted molar refractivity (Wildman–Crippen MR) is 193 cm³/mol. The Balaban J connectivity index is 4.22. The average molecular weight is 745 g/mol. The summed E-state index contributed by atoms with van der Waals surface area (Å²) < 4.78 is 21.9. The van der Waals surface area contributed by atoms with Gasteiger partial charge in [-0.15, -0.1) is 0 Å². The summed E-state index contributed by atoms with van der Waals surface area (Å²) in [4.78, 5) is 83.3. The van der Waals surface area contributed by atoms with Crippen LogP contribution in [-0.4, -0.2) is 132 Å². The molecule has 0 radical (unpaired) electrons. The molecule has 17 heteroatoms. The highest BCUT2D eigenvalue weighted by molar-refractivity contribution is 5.87. The van der Waals surface area contributed by atoms with Crippen molar-refractivity contribution in [2.45, 2.75) is 103 Å². The highest BCUT2D eigenvalue weighted by Gasteiger charge is 2.21. The van der Waals surface area contributed by atoms with E-state index in [-0.39, 0.29) is 67.8 Å². The Hall–Kier alpha value is -3.67. The number of methoxy groups -OCH3 is 1. The van der Waals surface area contributed by atoms with Gasteiger partial charge in [0, 0.05) is 84.9 Å². The SMILES string of the molecule is CCCC(=O)N(C=O)CCC(=O)NCCOCCCCCOCCOCCC(CC(=O)NC(C)CCCNC(N)=O)CC(=O)NC(C=O)CCOC. The minimum absolute atomic E-state index is 0.0540. The topological polar surface area (TPSA) is 234 Å². The average Bonchev–Trinajstić information content (AvgIpc) is 3.10. The van der Waals surface area contributed by atoms with Crippen molar-refractivity contribution < 1.29 is 52.5 Å². The maximum absolute atomic E-state index is 12.8. The number of imide groups is 1. The normalized spacial score (nSPS) is 12.6. The van der Waals surface area contributed by atoms with E-state index in [1.165, 1.54) is 7.11 Å². The molecule has 0 bridgehead atoms. The lowest BCUT2D eigenvalue weighted by molar-refractivity contribution is -0.138. The molecule has 0 aromatic heterocycles. The fourth-order valence-corrected chi connectivity index (χ4v) is 4.94. The van der Waals surface area contributed by atoms with E-state index in [0.29, 0.717) is 104 Å². The van der Waals surface area contributed by atoms with Gasteiger partial charge in [-0.1, -0.05) is 6.92 Å². The van der Waals surface area contributed by atoms with Gasteiger partial charge in [-0.05, 0) is 64.2 Å². The highest BCUT2D eigenvalue weighted by Crippen LogP contribution is 2.15. The van der Waals surface area contributed by atoms with Gasteiger partial charge in [0.1, 0.15) is 6.29 Å². The maximum Gasteiger partial charge on any atom is 0.312 e. The number of aldehydes is 1. The molecule has 52 heavy (non-hydrogen) atoms. The number of nitrogens with one attached hydrogen (secondary N) is 4. The van der Waals surface area contributed by atoms with Crippen LogP contribution in [0.1, 0.15) is 90.9 Å². The first-order valence-electron chi connectivity index (χ1n) is 18.4. The van der Waals surface area contributed by atoms with Crippen LogP contribution in [0, 0.1) is 5.92 Å². The lowest BCUT2D eigenvalue weighted by Crippen LogP contribution is -2.39. The van der Waals surface area contributed by atoms with E-state index in [4.69, 9.17) is 24.7 Å². The van der Waals surface area contributed by atoms with Gasteiger partial charge in [0.05, 0.1) is 25.9 Å². The van der Waals surface area contributed by atoms with Gasteiger partial charge in [0.25, 0.3) is 0 Å². The summed E-state index contributed by atoms with van der Waals surface area (Å²) in [5.74, 6) is -1.36. The zero-order valence-corrected chi connectivity index (χ0v) is 31.5. The number of nitrogens with two attached hydrogens (primary N) is 1. The number of amides is 7. The Kier molecular flexibility index (Phi) is 30.8. The zero-order chi connectivity index (χ0) is 38.8. The van der Waals surface area contributed by atoms with Crippen molar-refractivity contribution >= 4 is 42.4 Å². The molecule has 300 valence electrons. The van der Waals surface area contributed by atoms with E-state index in [1.54, 1.807) is 0 Å². The Morgan fingerprint density at radius 2 is 1.37 bits per heavy atom. The maximum atomic E-state index is 12.8. The van der Waals surface area contributed by atoms with Crippen LogP contribution < -0.4 is 27.0 Å². The van der Waals surface area contributed by atoms with Crippen LogP contribution in [0.4, 0.5) is 4.79 Å². The van der Waals surface area contributed by atoms with Crippen molar-refractivity contribution in [2.24, 2.45) is 11.7 Å². The van der Waals surface area contributed by atoms with Gasteiger partial charge in [-0.25, -0.2) is 4.79 Å². The summed E-state index contributed by atoms with van der Waals surface area (Å²) in [7, 11) is 1.52. The third kappa shape index (κ3) is 29.0. The Bertz CT molecular complexity index is 1020. The van der Waals surface area contributed by atoms with Gasteiger partial charge in [0.2, 0.25) is 30.0 Å². The van der Waals surface area contributed by atoms with Crippen LogP contribution in [0.2, 0.25) is 0 Å². The van der Waals surface area contributed by atoms with Gasteiger partial charge >= 0.3 is 6.03 Å². The molecule has 0 fully saturated rings. The number of ether oxygens (including phenoxy) is 4. The molecule has 7 amide bonds. The standard InChI is InChI=1S/C35H64N6O11/c1-4-9-34(47)41(27-43)16-11-31(44)37-15-21-50-17-6-5-7-18-51-22-23-52-20-12-29(25-33(46)40-30(26-42)13-19-49-3)24-32(45)39-28(2)10-8-14-38-35(36)48/h26-30H,4-25H2,1-3H3,(H,37,44)(H,39,45)(H,40,46)(H3,36,38,48). The van der Waals surface area contributed by atoms with Crippen LogP contribution in [0.15, 0.2) is 0 Å². The summed E-state index contributed by atoms with van der Waals surface area (Å²) in [6.07, 6.45) is 6.98. The fraction of sp³-hybridized carbons (Fsp3) is 0.800. The van der Waals surface area contributed by atoms with Gasteiger partial charge in [-0.3, -0.25) is 28.9 Å². The first-order valence-corrected chi connectivity index (χ1v) is 18.4. The summed E-state index contributed by atoms with van der Waals surface area (Å²) in [5, 5.41) is 10.9. The van der Waals surface area contributed by atoms with E-state index in [1.807, 2.05) is 13.8 Å². The number of rotatable bonds is 35. The van der Waals surface area contributed by atoms with Gasteiger partial charge < -0.3 is 50.7 Å². The third-order valence-electron chi connectivity index (χ3n) is 7.79. The number of hydrogen-bond donors (Lipinski definition) is 5. The molecule has 0 aromatic rings. The molecule has 0 aliphatic carbocycles. The summed E-state index contributed by atoms with van der Waals surface area (Å²) in [6.45, 7) is 7.45. The monoisotopic (exact) mass is 744 g/mol. The molecule has 17 nitrogen and oxygen atoms in total. The molecule has 0 aliphatic rings. The number of unbranched alkanes of at least 4 members (excludes halogenated alkanes) is 2. The van der Waals surface area contributed by atoms with Crippen molar-refractivity contribution in [1.82, 2.24) is 26.2 Å². The molecule has 0 aliphatic heterocycles. The van der Waals surface area contributed by atoms with Crippen LogP contribution >= 0.6 is 0 Å². The molecule has 0 saturated carbocycles. The Morgan fingerprint density at radius 3 is 1.98 bits per heavy atom. The Labute approximate surface area is 308 Å². The molecule has 0 saturated heterocycles. The lowest BCUT2D eigenvalue weighted by atomic mass is 9.96. The minimum Gasteiger partial charge on any atom is -0.385 e. The molecule has 3 unspecified atom stereocenters. The van der Waals surface area contributed by atoms with E-state index >= 15 is 0 Å². The summed E-state index contributed by atoms with van der Waals surface area (Å²) in [5.41, 5.74) is 5.07. The van der Waals surface area contributed by atoms with Crippen LogP contribution in [0.25, 0.3) is 0 Å². The molecular weight excluding hydrogens is 680 g/mol. The van der Waals surface area contributed by atoms with Crippen molar-refractivity contribution in [3.63, 3.8) is 0 Å². The third-order valence-corrected chi connectivity index (χ3v) is 7.79. The van der Waals surface area contributed by atoms with E-state index in [2.05, 4.69) is 21.3 Å². The fourth-order valence-electron chi connectivity index (χ4n) is 4.94. The highest BCUT2D eigenvalue weighted by atomic mass is 16.5. The minimum atomic E-state index is -0.666. The van der Waals surface area contributed by atoms with Gasteiger partial charge in [-0.2, -0.15) is 0 Å².